The first-order valence-corrected chi connectivity index (χ1v) is 15.8. The van der Waals surface area contributed by atoms with E-state index >= 15 is 0 Å². The number of thiophene rings is 1. The van der Waals surface area contributed by atoms with Crippen molar-refractivity contribution in [3.63, 3.8) is 0 Å². The fraction of sp³-hybridized carbons (Fsp3) is 0.226. The second kappa shape index (κ2) is 16.8. The van der Waals surface area contributed by atoms with Crippen LogP contribution in [0.4, 0.5) is 5.69 Å². The minimum Gasteiger partial charge on any atom is -0.495 e. The highest BCUT2D eigenvalue weighted by molar-refractivity contribution is 9.10. The molecule has 0 saturated carbocycles. The number of aromatic nitrogens is 2. The standard InChI is InChI=1S/C12H12BrNO.C10H7BrO2S.C5H5ClN2.C4H9NO/c1-8(15-3)11-6-9-4-5-10(13)7-12(9)14(11)2;1-13-10(12)9-4-6-2-3-7(11)5-8(6)14-9;6-4-3-8-2-1-5(4)7;5-4-1-2-6-3-4/h4-7H,1H2,2-3H3;2-5H,1H3;1-3H,(H2,7,8);4H,1-3,5H2. The third-order valence-electron chi connectivity index (χ3n) is 6.18. The Kier molecular flexibility index (Phi) is 13.5. The van der Waals surface area contributed by atoms with Crippen LogP contribution in [0.5, 0.6) is 0 Å². The van der Waals surface area contributed by atoms with Crippen molar-refractivity contribution >= 4 is 93.2 Å². The third-order valence-corrected chi connectivity index (χ3v) is 8.56. The fourth-order valence-electron chi connectivity index (χ4n) is 3.82. The van der Waals surface area contributed by atoms with E-state index < -0.39 is 0 Å². The van der Waals surface area contributed by atoms with Gasteiger partial charge >= 0.3 is 5.97 Å². The summed E-state index contributed by atoms with van der Waals surface area (Å²) in [4.78, 5) is 15.6. The maximum Gasteiger partial charge on any atom is 0.348 e. The minimum atomic E-state index is -0.276. The lowest BCUT2D eigenvalue weighted by Gasteiger charge is -2.05. The van der Waals surface area contributed by atoms with Crippen LogP contribution in [0.3, 0.4) is 0 Å². The largest absolute Gasteiger partial charge is 0.495 e. The zero-order valence-corrected chi connectivity index (χ0v) is 28.7. The van der Waals surface area contributed by atoms with Crippen LogP contribution < -0.4 is 11.5 Å². The zero-order valence-electron chi connectivity index (χ0n) is 24.0. The normalized spacial score (nSPS) is 13.6. The molecule has 228 valence electrons. The predicted molar refractivity (Wildman–Crippen MR) is 185 cm³/mol. The Bertz CT molecular complexity index is 1660. The van der Waals surface area contributed by atoms with E-state index in [-0.39, 0.29) is 5.97 Å². The zero-order chi connectivity index (χ0) is 31.5. The summed E-state index contributed by atoms with van der Waals surface area (Å²) in [7, 11) is 5.03. The topological polar surface area (TPSA) is 115 Å². The summed E-state index contributed by atoms with van der Waals surface area (Å²) in [5.41, 5.74) is 13.5. The molecule has 0 aliphatic carbocycles. The van der Waals surface area contributed by atoms with E-state index in [0.717, 1.165) is 49.9 Å². The Hall–Kier alpha value is -2.93. The fourth-order valence-corrected chi connectivity index (χ4v) is 5.82. The number of pyridine rings is 1. The number of esters is 1. The summed E-state index contributed by atoms with van der Waals surface area (Å²) >= 11 is 13.8. The van der Waals surface area contributed by atoms with Gasteiger partial charge in [0, 0.05) is 56.6 Å². The van der Waals surface area contributed by atoms with Crippen LogP contribution in [0, 0.1) is 0 Å². The van der Waals surface area contributed by atoms with Crippen LogP contribution in [0.25, 0.3) is 26.7 Å². The molecular formula is C31H33Br2ClN4O4S. The van der Waals surface area contributed by atoms with Gasteiger partial charge in [0.2, 0.25) is 0 Å². The number of carbonyl (C=O) groups excluding carboxylic acids is 1. The van der Waals surface area contributed by atoms with Gasteiger partial charge < -0.3 is 30.2 Å². The van der Waals surface area contributed by atoms with E-state index in [1.165, 1.54) is 30.0 Å². The smallest absolute Gasteiger partial charge is 0.348 e. The molecule has 0 amide bonds. The highest BCUT2D eigenvalue weighted by Crippen LogP contribution is 2.29. The number of hydrogen-bond donors (Lipinski definition) is 2. The second-order valence-electron chi connectivity index (χ2n) is 9.22. The summed E-state index contributed by atoms with van der Waals surface area (Å²) < 4.78 is 20.0. The lowest BCUT2D eigenvalue weighted by atomic mass is 10.2. The first kappa shape index (κ1) is 34.6. The molecule has 1 aliphatic heterocycles. The molecule has 43 heavy (non-hydrogen) atoms. The number of rotatable bonds is 3. The summed E-state index contributed by atoms with van der Waals surface area (Å²) in [5, 5.41) is 2.76. The molecule has 6 rings (SSSR count). The number of halogens is 3. The van der Waals surface area contributed by atoms with E-state index in [1.54, 1.807) is 19.4 Å². The molecular weight excluding hydrogens is 720 g/mol. The number of ether oxygens (including phenoxy) is 3. The van der Waals surface area contributed by atoms with E-state index in [9.17, 15) is 4.79 Å². The Labute approximate surface area is 276 Å². The molecule has 1 fully saturated rings. The first-order valence-electron chi connectivity index (χ1n) is 13.0. The maximum absolute atomic E-state index is 11.2. The number of methoxy groups -OCH3 is 2. The number of nitrogen functional groups attached to an aromatic ring is 1. The number of carbonyl (C=O) groups is 1. The molecule has 4 N–H and O–H groups in total. The minimum absolute atomic E-state index is 0.276. The molecule has 1 saturated heterocycles. The molecule has 0 bridgehead atoms. The van der Waals surface area contributed by atoms with Gasteiger partial charge in [0.15, 0.2) is 0 Å². The maximum atomic E-state index is 11.2. The average molecular weight is 753 g/mol. The van der Waals surface area contributed by atoms with Crippen LogP contribution in [0.2, 0.25) is 5.02 Å². The highest BCUT2D eigenvalue weighted by Gasteiger charge is 2.10. The van der Waals surface area contributed by atoms with Crippen molar-refractivity contribution in [1.29, 1.82) is 0 Å². The van der Waals surface area contributed by atoms with Crippen molar-refractivity contribution in [3.8, 4) is 0 Å². The number of benzene rings is 2. The summed E-state index contributed by atoms with van der Waals surface area (Å²) in [6.45, 7) is 5.49. The van der Waals surface area contributed by atoms with Gasteiger partial charge in [0.25, 0.3) is 0 Å². The molecule has 0 radical (unpaired) electrons. The second-order valence-corrected chi connectivity index (χ2v) is 12.5. The third kappa shape index (κ3) is 10.1. The van der Waals surface area contributed by atoms with Crippen molar-refractivity contribution in [2.75, 3.05) is 33.2 Å². The van der Waals surface area contributed by atoms with Crippen LogP contribution in [0.1, 0.15) is 21.8 Å². The average Bonchev–Trinajstić information content (AvgIpc) is 3.73. The number of hydrogen-bond acceptors (Lipinski definition) is 8. The lowest BCUT2D eigenvalue weighted by molar-refractivity contribution is 0.0606. The Morgan fingerprint density at radius 1 is 1.09 bits per heavy atom. The quantitative estimate of drug-likeness (QED) is 0.142. The van der Waals surface area contributed by atoms with Crippen LogP contribution in [0.15, 0.2) is 82.5 Å². The molecule has 8 nitrogen and oxygen atoms in total. The van der Waals surface area contributed by atoms with Crippen molar-refractivity contribution in [3.05, 3.63) is 98.1 Å². The van der Waals surface area contributed by atoms with Crippen molar-refractivity contribution < 1.29 is 19.0 Å². The number of nitrogens with two attached hydrogens (primary N) is 2. The van der Waals surface area contributed by atoms with Gasteiger partial charge in [-0.1, -0.05) is 62.2 Å². The molecule has 1 aliphatic rings. The number of nitrogens with zero attached hydrogens (tertiary/aromatic N) is 2. The molecule has 5 aromatic rings. The van der Waals surface area contributed by atoms with Gasteiger partial charge in [0.05, 0.1) is 37.2 Å². The molecule has 4 heterocycles. The summed E-state index contributed by atoms with van der Waals surface area (Å²) in [6.07, 6.45) is 4.15. The van der Waals surface area contributed by atoms with Crippen LogP contribution in [-0.2, 0) is 21.3 Å². The summed E-state index contributed by atoms with van der Waals surface area (Å²) in [6, 6.07) is 18.0. The SMILES string of the molecule is C=C(OC)c1cc2ccc(Br)cc2n1C.COC(=O)c1cc2ccc(Br)cc2s1.NC1CCOC1.Nc1ccncc1Cl. The predicted octanol–water partition coefficient (Wildman–Crippen LogP) is 8.06. The Morgan fingerprint density at radius 3 is 2.33 bits per heavy atom. The van der Waals surface area contributed by atoms with Crippen molar-refractivity contribution in [2.45, 2.75) is 12.5 Å². The molecule has 12 heteroatoms. The lowest BCUT2D eigenvalue weighted by Crippen LogP contribution is -2.18. The van der Waals surface area contributed by atoms with E-state index in [2.05, 4.69) is 70.9 Å². The van der Waals surface area contributed by atoms with Crippen molar-refractivity contribution in [2.24, 2.45) is 12.8 Å². The molecule has 1 atom stereocenters. The van der Waals surface area contributed by atoms with Crippen LogP contribution in [-0.4, -0.2) is 49.0 Å². The first-order chi connectivity index (χ1) is 20.5. The Balaban J connectivity index is 0.000000166. The molecule has 0 spiro atoms. The number of fused-ring (bicyclic) bond motifs is 2. The highest BCUT2D eigenvalue weighted by atomic mass is 79.9. The van der Waals surface area contributed by atoms with Gasteiger partial charge in [-0.25, -0.2) is 4.79 Å². The summed E-state index contributed by atoms with van der Waals surface area (Å²) in [5.74, 6) is 0.409. The molecule has 3 aromatic heterocycles. The van der Waals surface area contributed by atoms with Gasteiger partial charge in [-0.05, 0) is 54.3 Å². The number of aryl methyl sites for hydroxylation is 1. The molecule has 2 aromatic carbocycles. The van der Waals surface area contributed by atoms with Gasteiger partial charge in [-0.2, -0.15) is 0 Å². The van der Waals surface area contributed by atoms with E-state index in [0.29, 0.717) is 27.4 Å². The molecule has 1 unspecified atom stereocenters. The Morgan fingerprint density at radius 2 is 1.79 bits per heavy atom. The number of anilines is 1. The monoisotopic (exact) mass is 750 g/mol. The van der Waals surface area contributed by atoms with Crippen molar-refractivity contribution in [1.82, 2.24) is 9.55 Å². The van der Waals surface area contributed by atoms with Gasteiger partial charge in [0.1, 0.15) is 10.6 Å². The van der Waals surface area contributed by atoms with E-state index in [4.69, 9.17) is 32.5 Å². The van der Waals surface area contributed by atoms with Gasteiger partial charge in [-0.3, -0.25) is 4.98 Å². The van der Waals surface area contributed by atoms with Crippen LogP contribution >= 0.6 is 54.8 Å². The van der Waals surface area contributed by atoms with E-state index in [1.807, 2.05) is 37.4 Å². The van der Waals surface area contributed by atoms with Gasteiger partial charge in [-0.15, -0.1) is 11.3 Å².